The van der Waals surface area contributed by atoms with Gasteiger partial charge >= 0.3 is 5.97 Å². The first-order valence-corrected chi connectivity index (χ1v) is 8.54. The highest BCUT2D eigenvalue weighted by Gasteiger charge is 2.42. The quantitative estimate of drug-likeness (QED) is 0.781. The van der Waals surface area contributed by atoms with E-state index in [9.17, 15) is 14.9 Å². The molecular weight excluding hydrogens is 330 g/mol. The standard InChI is InChI=1S/C20H21N3O3/c1-20(12-21,15-7-8-15)23-18(24)11-22-17-10-14-6-4-3-5-13(14)9-16(17)19(25)26-2/h3-6,9-10,15,22H,7-8,11H2,1-2H3,(H,23,24). The molecule has 1 saturated carbocycles. The normalized spacial score (nSPS) is 15.6. The van der Waals surface area contributed by atoms with Crippen LogP contribution in [0.3, 0.4) is 0 Å². The number of anilines is 1. The van der Waals surface area contributed by atoms with Crippen molar-refractivity contribution >= 4 is 28.3 Å². The third kappa shape index (κ3) is 3.62. The van der Waals surface area contributed by atoms with E-state index in [0.717, 1.165) is 23.6 Å². The minimum Gasteiger partial charge on any atom is -0.465 e. The van der Waals surface area contributed by atoms with Gasteiger partial charge in [-0.25, -0.2) is 4.79 Å². The van der Waals surface area contributed by atoms with Crippen LogP contribution in [-0.4, -0.2) is 31.1 Å². The second-order valence-electron chi connectivity index (χ2n) is 6.73. The molecule has 6 nitrogen and oxygen atoms in total. The molecule has 2 aromatic rings. The molecule has 0 aromatic heterocycles. The lowest BCUT2D eigenvalue weighted by Gasteiger charge is -2.23. The first-order valence-electron chi connectivity index (χ1n) is 8.54. The van der Waals surface area contributed by atoms with Crippen LogP contribution in [0.1, 0.15) is 30.1 Å². The first kappa shape index (κ1) is 17.7. The van der Waals surface area contributed by atoms with Gasteiger partial charge in [0.05, 0.1) is 25.3 Å². The predicted octanol–water partition coefficient (Wildman–Crippen LogP) is 2.85. The van der Waals surface area contributed by atoms with Crippen molar-refractivity contribution < 1.29 is 14.3 Å². The average Bonchev–Trinajstić information content (AvgIpc) is 3.50. The van der Waals surface area contributed by atoms with Crippen molar-refractivity contribution in [1.82, 2.24) is 5.32 Å². The van der Waals surface area contributed by atoms with Crippen molar-refractivity contribution in [1.29, 1.82) is 5.26 Å². The Kier molecular flexibility index (Phi) is 4.81. The lowest BCUT2D eigenvalue weighted by molar-refractivity contribution is -0.120. The molecule has 134 valence electrons. The van der Waals surface area contributed by atoms with Crippen molar-refractivity contribution in [3.8, 4) is 6.07 Å². The van der Waals surface area contributed by atoms with E-state index in [1.807, 2.05) is 30.3 Å². The second kappa shape index (κ2) is 7.04. The molecule has 3 rings (SSSR count). The van der Waals surface area contributed by atoms with Crippen molar-refractivity contribution in [3.63, 3.8) is 0 Å². The summed E-state index contributed by atoms with van der Waals surface area (Å²) in [7, 11) is 1.32. The fraction of sp³-hybridized carbons (Fsp3) is 0.350. The van der Waals surface area contributed by atoms with Gasteiger partial charge in [-0.1, -0.05) is 24.3 Å². The summed E-state index contributed by atoms with van der Waals surface area (Å²) in [6.45, 7) is 1.71. The SMILES string of the molecule is COC(=O)c1cc2ccccc2cc1NCC(=O)NC(C)(C#N)C1CC1. The van der Waals surface area contributed by atoms with Gasteiger partial charge in [-0.15, -0.1) is 0 Å². The molecule has 26 heavy (non-hydrogen) atoms. The van der Waals surface area contributed by atoms with Crippen molar-refractivity contribution in [3.05, 3.63) is 42.0 Å². The number of amides is 1. The Hall–Kier alpha value is -3.07. The van der Waals surface area contributed by atoms with Gasteiger partial charge in [0.1, 0.15) is 5.54 Å². The molecule has 0 heterocycles. The summed E-state index contributed by atoms with van der Waals surface area (Å²) in [6.07, 6.45) is 1.91. The zero-order valence-corrected chi connectivity index (χ0v) is 14.8. The largest absolute Gasteiger partial charge is 0.465 e. The van der Waals surface area contributed by atoms with E-state index in [-0.39, 0.29) is 18.4 Å². The van der Waals surface area contributed by atoms with E-state index in [1.54, 1.807) is 13.0 Å². The molecule has 0 saturated heterocycles. The Labute approximate surface area is 152 Å². The minimum atomic E-state index is -0.840. The van der Waals surface area contributed by atoms with Gasteiger partial charge in [0.2, 0.25) is 5.91 Å². The Balaban J connectivity index is 1.78. The first-order chi connectivity index (χ1) is 12.5. The molecule has 1 fully saturated rings. The minimum absolute atomic E-state index is 0.0354. The number of carbonyl (C=O) groups excluding carboxylic acids is 2. The average molecular weight is 351 g/mol. The summed E-state index contributed by atoms with van der Waals surface area (Å²) in [5.74, 6) is -0.550. The lowest BCUT2D eigenvalue weighted by atomic mass is 9.98. The number of rotatable bonds is 6. The third-order valence-corrected chi connectivity index (χ3v) is 4.76. The van der Waals surface area contributed by atoms with E-state index in [1.165, 1.54) is 7.11 Å². The number of nitrogens with zero attached hydrogens (tertiary/aromatic N) is 1. The van der Waals surface area contributed by atoms with Gasteiger partial charge in [-0.05, 0) is 48.6 Å². The van der Waals surface area contributed by atoms with Crippen molar-refractivity contribution in [2.45, 2.75) is 25.3 Å². The molecule has 0 radical (unpaired) electrons. The summed E-state index contributed by atoms with van der Waals surface area (Å²) >= 11 is 0. The number of fused-ring (bicyclic) bond motifs is 1. The smallest absolute Gasteiger partial charge is 0.339 e. The summed E-state index contributed by atoms with van der Waals surface area (Å²) in [6, 6.07) is 13.4. The summed E-state index contributed by atoms with van der Waals surface area (Å²) in [5.41, 5.74) is 0.0490. The Bertz CT molecular complexity index is 899. The van der Waals surface area contributed by atoms with E-state index in [2.05, 4.69) is 16.7 Å². The number of hydrogen-bond acceptors (Lipinski definition) is 5. The number of methoxy groups -OCH3 is 1. The Morgan fingerprint density at radius 3 is 2.50 bits per heavy atom. The molecule has 0 spiro atoms. The van der Waals surface area contributed by atoms with Crippen LogP contribution >= 0.6 is 0 Å². The molecular formula is C20H21N3O3. The number of benzene rings is 2. The number of carbonyl (C=O) groups is 2. The molecule has 2 N–H and O–H groups in total. The topological polar surface area (TPSA) is 91.2 Å². The summed E-state index contributed by atoms with van der Waals surface area (Å²) in [4.78, 5) is 24.4. The fourth-order valence-corrected chi connectivity index (χ4v) is 3.06. The van der Waals surface area contributed by atoms with Crippen LogP contribution in [0.25, 0.3) is 10.8 Å². The number of hydrogen-bond donors (Lipinski definition) is 2. The monoisotopic (exact) mass is 351 g/mol. The fourth-order valence-electron chi connectivity index (χ4n) is 3.06. The van der Waals surface area contributed by atoms with Gasteiger partial charge < -0.3 is 15.4 Å². The molecule has 0 aliphatic heterocycles. The van der Waals surface area contributed by atoms with Crippen molar-refractivity contribution in [2.75, 3.05) is 19.0 Å². The van der Waals surface area contributed by atoms with Gasteiger partial charge in [-0.2, -0.15) is 5.26 Å². The molecule has 1 aliphatic rings. The second-order valence-corrected chi connectivity index (χ2v) is 6.73. The Morgan fingerprint density at radius 1 is 1.27 bits per heavy atom. The molecule has 0 bridgehead atoms. The predicted molar refractivity (Wildman–Crippen MR) is 98.7 cm³/mol. The molecule has 1 unspecified atom stereocenters. The van der Waals surface area contributed by atoms with Crippen LogP contribution in [-0.2, 0) is 9.53 Å². The molecule has 1 aliphatic carbocycles. The number of ether oxygens (including phenoxy) is 1. The van der Waals surface area contributed by atoms with Crippen LogP contribution in [0, 0.1) is 17.2 Å². The van der Waals surface area contributed by atoms with E-state index >= 15 is 0 Å². The van der Waals surface area contributed by atoms with Crippen LogP contribution < -0.4 is 10.6 Å². The zero-order chi connectivity index (χ0) is 18.7. The van der Waals surface area contributed by atoms with Crippen molar-refractivity contribution in [2.24, 2.45) is 5.92 Å². The van der Waals surface area contributed by atoms with Gasteiger partial charge in [0.15, 0.2) is 0 Å². The zero-order valence-electron chi connectivity index (χ0n) is 14.8. The highest BCUT2D eigenvalue weighted by Crippen LogP contribution is 2.39. The van der Waals surface area contributed by atoms with Crippen LogP contribution in [0.5, 0.6) is 0 Å². The van der Waals surface area contributed by atoms with Crippen LogP contribution in [0.4, 0.5) is 5.69 Å². The molecule has 6 heteroatoms. The van der Waals surface area contributed by atoms with Crippen LogP contribution in [0.2, 0.25) is 0 Å². The van der Waals surface area contributed by atoms with Gasteiger partial charge in [0.25, 0.3) is 0 Å². The van der Waals surface area contributed by atoms with Crippen LogP contribution in [0.15, 0.2) is 36.4 Å². The maximum Gasteiger partial charge on any atom is 0.339 e. The Morgan fingerprint density at radius 2 is 1.92 bits per heavy atom. The highest BCUT2D eigenvalue weighted by atomic mass is 16.5. The maximum atomic E-state index is 12.3. The number of nitrogens with one attached hydrogen (secondary N) is 2. The molecule has 2 aromatic carbocycles. The van der Waals surface area contributed by atoms with E-state index in [4.69, 9.17) is 4.74 Å². The summed E-state index contributed by atoms with van der Waals surface area (Å²) in [5, 5.41) is 17.0. The molecule has 1 atom stereocenters. The highest BCUT2D eigenvalue weighted by molar-refractivity contribution is 6.02. The van der Waals surface area contributed by atoms with E-state index in [0.29, 0.717) is 11.3 Å². The van der Waals surface area contributed by atoms with Gasteiger partial charge in [-0.3, -0.25) is 4.79 Å². The summed E-state index contributed by atoms with van der Waals surface area (Å²) < 4.78 is 4.85. The third-order valence-electron chi connectivity index (χ3n) is 4.76. The number of nitriles is 1. The lowest BCUT2D eigenvalue weighted by Crippen LogP contribution is -2.48. The van der Waals surface area contributed by atoms with E-state index < -0.39 is 11.5 Å². The van der Waals surface area contributed by atoms with Gasteiger partial charge in [0, 0.05) is 5.69 Å². The maximum absolute atomic E-state index is 12.3. The molecule has 1 amide bonds. The number of esters is 1.